The number of hydrogen-bond acceptors (Lipinski definition) is 6. The van der Waals surface area contributed by atoms with Gasteiger partial charge in [0.15, 0.2) is 0 Å². The molecule has 0 radical (unpaired) electrons. The summed E-state index contributed by atoms with van der Waals surface area (Å²) in [4.78, 5) is 0. The minimum absolute atomic E-state index is 0.888. The molecule has 2 atom stereocenters. The maximum Gasteiger partial charge on any atom is 0.0229 e. The van der Waals surface area contributed by atoms with Crippen LogP contribution in [0.15, 0.2) is 0 Å². The van der Waals surface area contributed by atoms with Crippen LogP contribution >= 0.6 is 72.3 Å². The van der Waals surface area contributed by atoms with Gasteiger partial charge in [-0.15, -0.1) is 0 Å². The second-order valence-electron chi connectivity index (χ2n) is 4.21. The van der Waals surface area contributed by atoms with Crippen LogP contribution in [0.2, 0.25) is 0 Å². The van der Waals surface area contributed by atoms with Crippen molar-refractivity contribution in [2.75, 3.05) is 46.0 Å². The highest BCUT2D eigenvalue weighted by molar-refractivity contribution is 8.09. The molecule has 0 aliphatic carbocycles. The van der Waals surface area contributed by atoms with Crippen molar-refractivity contribution in [2.45, 2.75) is 23.3 Å². The van der Waals surface area contributed by atoms with Crippen LogP contribution in [0.5, 0.6) is 0 Å². The lowest BCUT2D eigenvalue weighted by molar-refractivity contribution is 1.05. The lowest BCUT2D eigenvalue weighted by atomic mass is 10.5. The third-order valence-corrected chi connectivity index (χ3v) is 9.24. The number of rotatable bonds is 10. The molecule has 0 N–H and O–H groups in total. The molecule has 1 saturated heterocycles. The summed E-state index contributed by atoms with van der Waals surface area (Å²) in [7, 11) is 0. The lowest BCUT2D eigenvalue weighted by Crippen LogP contribution is -2.24. The fourth-order valence-electron chi connectivity index (χ4n) is 1.54. The van der Waals surface area contributed by atoms with E-state index in [0.717, 1.165) is 22.0 Å². The van der Waals surface area contributed by atoms with Gasteiger partial charge in [0.2, 0.25) is 0 Å². The molecule has 0 aromatic carbocycles. The lowest BCUT2D eigenvalue weighted by Gasteiger charge is -2.27. The average molecular weight is 361 g/mol. The third-order valence-electron chi connectivity index (χ3n) is 2.54. The van der Waals surface area contributed by atoms with Crippen molar-refractivity contribution in [3.63, 3.8) is 0 Å². The summed E-state index contributed by atoms with van der Waals surface area (Å²) in [5.41, 5.74) is 0. The molecule has 0 amide bonds. The van der Waals surface area contributed by atoms with E-state index in [4.69, 9.17) is 0 Å². The highest BCUT2D eigenvalue weighted by Crippen LogP contribution is 2.33. The number of thioether (sulfide) groups is 4. The summed E-state index contributed by atoms with van der Waals surface area (Å²) in [5.74, 6) is 10.0. The second-order valence-corrected chi connectivity index (χ2v) is 10.1. The zero-order valence-electron chi connectivity index (χ0n) is 10.8. The van der Waals surface area contributed by atoms with Gasteiger partial charge in [0.25, 0.3) is 0 Å². The summed E-state index contributed by atoms with van der Waals surface area (Å²) in [6.07, 6.45) is 2.51. The second kappa shape index (κ2) is 12.8. The van der Waals surface area contributed by atoms with Gasteiger partial charge < -0.3 is 0 Å². The molecule has 6 heteroatoms. The smallest absolute Gasteiger partial charge is 0.0229 e. The molecule has 0 spiro atoms. The molecule has 1 aliphatic heterocycles. The Balaban J connectivity index is 1.95. The molecule has 1 aliphatic rings. The van der Waals surface area contributed by atoms with Crippen LogP contribution < -0.4 is 0 Å². The van der Waals surface area contributed by atoms with Gasteiger partial charge in [-0.05, 0) is 35.9 Å². The Bertz CT molecular complexity index is 161. The van der Waals surface area contributed by atoms with Crippen molar-refractivity contribution < 1.29 is 0 Å². The first-order chi connectivity index (χ1) is 8.86. The van der Waals surface area contributed by atoms with Gasteiger partial charge in [-0.1, -0.05) is 0 Å². The summed E-state index contributed by atoms with van der Waals surface area (Å²) in [6, 6.07) is 0. The third kappa shape index (κ3) is 9.11. The van der Waals surface area contributed by atoms with Gasteiger partial charge in [-0.2, -0.15) is 72.3 Å². The predicted molar refractivity (Wildman–Crippen MR) is 104 cm³/mol. The Morgan fingerprint density at radius 3 is 1.61 bits per heavy atom. The van der Waals surface area contributed by atoms with Crippen molar-refractivity contribution in [3.8, 4) is 0 Å². The summed E-state index contributed by atoms with van der Waals surface area (Å²) in [5, 5.41) is 1.78. The highest BCUT2D eigenvalue weighted by atomic mass is 32.2. The normalized spacial score (nSPS) is 24.3. The largest absolute Gasteiger partial charge is 0.179 e. The maximum atomic E-state index is 4.25. The number of hydrogen-bond donors (Lipinski definition) is 2. The molecule has 0 aromatic heterocycles. The van der Waals surface area contributed by atoms with Crippen molar-refractivity contribution in [1.29, 1.82) is 0 Å². The van der Waals surface area contributed by atoms with Crippen LogP contribution in [-0.2, 0) is 0 Å². The first-order valence-electron chi connectivity index (χ1n) is 6.47. The standard InChI is InChI=1S/C12H24S6/c13-3-1-5-15-7-11-9-18-12(10-17-11)8-16-6-2-4-14/h11-14H,1-10H2. The van der Waals surface area contributed by atoms with Crippen LogP contribution in [-0.4, -0.2) is 56.5 Å². The van der Waals surface area contributed by atoms with E-state index in [2.05, 4.69) is 72.3 Å². The number of thiol groups is 2. The minimum Gasteiger partial charge on any atom is -0.179 e. The average Bonchev–Trinajstić information content (AvgIpc) is 2.41. The van der Waals surface area contributed by atoms with E-state index in [9.17, 15) is 0 Å². The molecule has 0 aromatic rings. The summed E-state index contributed by atoms with van der Waals surface area (Å²) in [6.45, 7) is 0. The van der Waals surface area contributed by atoms with Crippen LogP contribution in [0.25, 0.3) is 0 Å². The van der Waals surface area contributed by atoms with Gasteiger partial charge in [-0.3, -0.25) is 0 Å². The van der Waals surface area contributed by atoms with Gasteiger partial charge in [-0.25, -0.2) is 0 Å². The molecular formula is C12H24S6. The summed E-state index contributed by atoms with van der Waals surface area (Å²) >= 11 is 17.1. The van der Waals surface area contributed by atoms with Crippen LogP contribution in [0.3, 0.4) is 0 Å². The molecule has 0 nitrogen and oxygen atoms in total. The van der Waals surface area contributed by atoms with Gasteiger partial charge in [0.1, 0.15) is 0 Å². The van der Waals surface area contributed by atoms with Crippen LogP contribution in [0, 0.1) is 0 Å². The quantitative estimate of drug-likeness (QED) is 0.440. The van der Waals surface area contributed by atoms with Crippen LogP contribution in [0.4, 0.5) is 0 Å². The van der Waals surface area contributed by atoms with Crippen molar-refractivity contribution in [3.05, 3.63) is 0 Å². The van der Waals surface area contributed by atoms with Crippen LogP contribution in [0.1, 0.15) is 12.8 Å². The Kier molecular flexibility index (Phi) is 12.9. The topological polar surface area (TPSA) is 0 Å². The molecule has 108 valence electrons. The molecule has 0 saturated carbocycles. The zero-order chi connectivity index (χ0) is 13.1. The molecule has 18 heavy (non-hydrogen) atoms. The Morgan fingerprint density at radius 1 is 0.833 bits per heavy atom. The van der Waals surface area contributed by atoms with Gasteiger partial charge in [0, 0.05) is 33.5 Å². The van der Waals surface area contributed by atoms with E-state index in [0.29, 0.717) is 0 Å². The monoisotopic (exact) mass is 360 g/mol. The fourth-order valence-corrected chi connectivity index (χ4v) is 8.17. The van der Waals surface area contributed by atoms with E-state index in [1.54, 1.807) is 0 Å². The SMILES string of the molecule is SCCCSCC1CSC(CSCCCS)CS1. The van der Waals surface area contributed by atoms with E-state index < -0.39 is 0 Å². The van der Waals surface area contributed by atoms with Crippen molar-refractivity contribution in [1.82, 2.24) is 0 Å². The first-order valence-corrected chi connectivity index (χ1v) is 12.1. The Morgan fingerprint density at radius 2 is 1.28 bits per heavy atom. The van der Waals surface area contributed by atoms with E-state index in [1.807, 2.05) is 0 Å². The van der Waals surface area contributed by atoms with Crippen molar-refractivity contribution >= 4 is 72.3 Å². The molecule has 1 fully saturated rings. The Labute approximate surface area is 141 Å². The zero-order valence-corrected chi connectivity index (χ0v) is 15.8. The molecule has 1 heterocycles. The molecular weight excluding hydrogens is 337 g/mol. The fraction of sp³-hybridized carbons (Fsp3) is 1.00. The molecule has 2 unspecified atom stereocenters. The maximum absolute atomic E-state index is 4.25. The minimum atomic E-state index is 0.888. The molecule has 1 rings (SSSR count). The van der Waals surface area contributed by atoms with Gasteiger partial charge in [0.05, 0.1) is 0 Å². The van der Waals surface area contributed by atoms with E-state index >= 15 is 0 Å². The van der Waals surface area contributed by atoms with E-state index in [1.165, 1.54) is 47.4 Å². The predicted octanol–water partition coefficient (Wildman–Crippen LogP) is 4.31. The van der Waals surface area contributed by atoms with E-state index in [-0.39, 0.29) is 0 Å². The summed E-state index contributed by atoms with van der Waals surface area (Å²) < 4.78 is 0. The highest BCUT2D eigenvalue weighted by Gasteiger charge is 2.21. The first kappa shape index (κ1) is 18.1. The van der Waals surface area contributed by atoms with Gasteiger partial charge >= 0.3 is 0 Å². The van der Waals surface area contributed by atoms with Crippen molar-refractivity contribution in [2.24, 2.45) is 0 Å². The molecule has 0 bridgehead atoms. The Hall–Kier alpha value is 2.10.